The Hall–Kier alpha value is -2.53. The van der Waals surface area contributed by atoms with Gasteiger partial charge in [0.05, 0.1) is 15.9 Å². The van der Waals surface area contributed by atoms with Gasteiger partial charge >= 0.3 is 0 Å². The zero-order valence-corrected chi connectivity index (χ0v) is 19.3. The number of nitrogens with zero attached hydrogens (tertiary/aromatic N) is 4. The maximum atomic E-state index is 5.21. The van der Waals surface area contributed by atoms with Gasteiger partial charge in [0.25, 0.3) is 0 Å². The first kappa shape index (κ1) is 20.4. The van der Waals surface area contributed by atoms with Gasteiger partial charge in [-0.05, 0) is 43.2 Å². The first-order valence-corrected chi connectivity index (χ1v) is 12.5. The van der Waals surface area contributed by atoms with Crippen LogP contribution >= 0.6 is 11.3 Å². The fourth-order valence-corrected chi connectivity index (χ4v) is 5.94. The number of aromatic nitrogens is 3. The van der Waals surface area contributed by atoms with E-state index in [2.05, 4.69) is 49.1 Å². The van der Waals surface area contributed by atoms with Crippen molar-refractivity contribution in [2.24, 2.45) is 0 Å². The summed E-state index contributed by atoms with van der Waals surface area (Å²) in [5.74, 6) is 1.10. The van der Waals surface area contributed by atoms with Gasteiger partial charge in [-0.3, -0.25) is 0 Å². The van der Waals surface area contributed by atoms with Gasteiger partial charge in [0, 0.05) is 24.0 Å². The van der Waals surface area contributed by atoms with E-state index in [1.54, 1.807) is 17.7 Å². The van der Waals surface area contributed by atoms with Crippen molar-refractivity contribution in [2.75, 3.05) is 18.0 Å². The van der Waals surface area contributed by atoms with E-state index in [9.17, 15) is 0 Å². The third-order valence-corrected chi connectivity index (χ3v) is 7.43. The minimum atomic E-state index is 1.05. The third-order valence-electron chi connectivity index (χ3n) is 6.36. The van der Waals surface area contributed by atoms with Crippen LogP contribution in [0, 0.1) is 0 Å². The Morgan fingerprint density at radius 2 is 1.68 bits per heavy atom. The lowest BCUT2D eigenvalue weighted by Gasteiger charge is -2.23. The van der Waals surface area contributed by atoms with Crippen LogP contribution < -0.4 is 4.90 Å². The first-order valence-electron chi connectivity index (χ1n) is 11.7. The minimum absolute atomic E-state index is 1.05. The molecule has 5 rings (SSSR count). The van der Waals surface area contributed by atoms with E-state index in [-0.39, 0.29) is 0 Å². The molecule has 4 nitrogen and oxygen atoms in total. The fraction of sp³-hybridized carbons (Fsp3) is 0.423. The van der Waals surface area contributed by atoms with E-state index in [4.69, 9.17) is 15.0 Å². The molecule has 0 saturated carbocycles. The van der Waals surface area contributed by atoms with E-state index in [0.717, 1.165) is 47.8 Å². The standard InChI is InChI=1S/C26H30N4S/c1-3-5-15-30(16-6-4-2)25-24-23(27-17-28-25)21-19-13-10-14-20(19)22(29-26(21)31-24)18-11-8-7-9-12-18/h7-9,11-12,17H,3-6,10,13-16H2,1-2H3. The molecule has 31 heavy (non-hydrogen) atoms. The zero-order valence-electron chi connectivity index (χ0n) is 18.5. The number of pyridine rings is 1. The van der Waals surface area contributed by atoms with Crippen LogP contribution in [-0.4, -0.2) is 28.0 Å². The summed E-state index contributed by atoms with van der Waals surface area (Å²) in [6.07, 6.45) is 9.95. The molecular formula is C26H30N4S. The molecule has 5 heteroatoms. The van der Waals surface area contributed by atoms with E-state index < -0.39 is 0 Å². The van der Waals surface area contributed by atoms with Crippen LogP contribution in [0.5, 0.6) is 0 Å². The van der Waals surface area contributed by atoms with Crippen molar-refractivity contribution in [1.82, 2.24) is 15.0 Å². The van der Waals surface area contributed by atoms with E-state index in [0.29, 0.717) is 0 Å². The maximum Gasteiger partial charge on any atom is 0.150 e. The molecule has 0 aliphatic heterocycles. The summed E-state index contributed by atoms with van der Waals surface area (Å²) in [5.41, 5.74) is 6.38. The molecular weight excluding hydrogens is 400 g/mol. The Kier molecular flexibility index (Phi) is 5.86. The molecule has 0 spiro atoms. The summed E-state index contributed by atoms with van der Waals surface area (Å²) in [4.78, 5) is 18.4. The molecule has 3 aromatic heterocycles. The number of rotatable bonds is 8. The molecule has 1 aliphatic carbocycles. The second-order valence-electron chi connectivity index (χ2n) is 8.49. The Morgan fingerprint density at radius 3 is 2.42 bits per heavy atom. The lowest BCUT2D eigenvalue weighted by molar-refractivity contribution is 0.673. The summed E-state index contributed by atoms with van der Waals surface area (Å²) < 4.78 is 1.21. The average Bonchev–Trinajstić information content (AvgIpc) is 3.43. The Morgan fingerprint density at radius 1 is 0.935 bits per heavy atom. The summed E-state index contributed by atoms with van der Waals surface area (Å²) in [6.45, 7) is 6.62. The van der Waals surface area contributed by atoms with Crippen molar-refractivity contribution in [1.29, 1.82) is 0 Å². The van der Waals surface area contributed by atoms with Crippen LogP contribution in [0.15, 0.2) is 36.7 Å². The predicted octanol–water partition coefficient (Wildman–Crippen LogP) is 6.80. The van der Waals surface area contributed by atoms with Gasteiger partial charge in [-0.1, -0.05) is 57.0 Å². The lowest BCUT2D eigenvalue weighted by Crippen LogP contribution is -2.26. The van der Waals surface area contributed by atoms with Gasteiger partial charge in [-0.15, -0.1) is 11.3 Å². The lowest BCUT2D eigenvalue weighted by atomic mass is 10.0. The topological polar surface area (TPSA) is 41.9 Å². The molecule has 160 valence electrons. The van der Waals surface area contributed by atoms with Crippen LogP contribution in [0.25, 0.3) is 31.7 Å². The van der Waals surface area contributed by atoms with Gasteiger partial charge < -0.3 is 4.90 Å². The van der Waals surface area contributed by atoms with Crippen LogP contribution in [-0.2, 0) is 12.8 Å². The SMILES string of the molecule is CCCCN(CCCC)c1ncnc2c1sc1nc(-c3ccccc3)c3c(c12)CCC3. The van der Waals surface area contributed by atoms with Gasteiger partial charge in [-0.25, -0.2) is 15.0 Å². The third kappa shape index (κ3) is 3.69. The molecule has 0 saturated heterocycles. The highest BCUT2D eigenvalue weighted by Crippen LogP contribution is 2.43. The van der Waals surface area contributed by atoms with Gasteiger partial charge in [0.1, 0.15) is 17.0 Å². The van der Waals surface area contributed by atoms with Crippen LogP contribution in [0.3, 0.4) is 0 Å². The van der Waals surface area contributed by atoms with Crippen molar-refractivity contribution in [2.45, 2.75) is 58.8 Å². The number of hydrogen-bond donors (Lipinski definition) is 0. The highest BCUT2D eigenvalue weighted by atomic mass is 32.1. The number of aryl methyl sites for hydroxylation is 1. The summed E-state index contributed by atoms with van der Waals surface area (Å²) in [6, 6.07) is 10.7. The number of unbranched alkanes of at least 4 members (excludes halogenated alkanes) is 2. The van der Waals surface area contributed by atoms with Crippen molar-refractivity contribution in [3.8, 4) is 11.3 Å². The number of anilines is 1. The maximum absolute atomic E-state index is 5.21. The first-order chi connectivity index (χ1) is 15.3. The second-order valence-corrected chi connectivity index (χ2v) is 9.49. The van der Waals surface area contributed by atoms with Crippen molar-refractivity contribution in [3.63, 3.8) is 0 Å². The van der Waals surface area contributed by atoms with Crippen molar-refractivity contribution >= 4 is 37.6 Å². The van der Waals surface area contributed by atoms with Gasteiger partial charge in [0.15, 0.2) is 0 Å². The Balaban J connectivity index is 1.71. The number of benzene rings is 1. The van der Waals surface area contributed by atoms with Crippen LogP contribution in [0.4, 0.5) is 5.82 Å². The molecule has 0 unspecified atom stereocenters. The predicted molar refractivity (Wildman–Crippen MR) is 132 cm³/mol. The summed E-state index contributed by atoms with van der Waals surface area (Å²) in [5, 5.41) is 1.28. The van der Waals surface area contributed by atoms with Gasteiger partial charge in [-0.2, -0.15) is 0 Å². The van der Waals surface area contributed by atoms with E-state index >= 15 is 0 Å². The largest absolute Gasteiger partial charge is 0.355 e. The van der Waals surface area contributed by atoms with Crippen molar-refractivity contribution in [3.05, 3.63) is 47.8 Å². The molecule has 4 aromatic rings. The van der Waals surface area contributed by atoms with Gasteiger partial charge in [0.2, 0.25) is 0 Å². The summed E-state index contributed by atoms with van der Waals surface area (Å²) >= 11 is 1.78. The molecule has 3 heterocycles. The molecule has 1 aliphatic rings. The highest BCUT2D eigenvalue weighted by molar-refractivity contribution is 7.26. The highest BCUT2D eigenvalue weighted by Gasteiger charge is 2.25. The smallest absolute Gasteiger partial charge is 0.150 e. The molecule has 0 radical (unpaired) electrons. The van der Waals surface area contributed by atoms with E-state index in [1.165, 1.54) is 58.9 Å². The van der Waals surface area contributed by atoms with E-state index in [1.807, 2.05) is 0 Å². The second kappa shape index (κ2) is 8.91. The van der Waals surface area contributed by atoms with Crippen LogP contribution in [0.1, 0.15) is 57.1 Å². The van der Waals surface area contributed by atoms with Crippen molar-refractivity contribution < 1.29 is 0 Å². The Labute approximate surface area is 188 Å². The molecule has 0 amide bonds. The van der Waals surface area contributed by atoms with Crippen LogP contribution in [0.2, 0.25) is 0 Å². The number of thiophene rings is 1. The zero-order chi connectivity index (χ0) is 21.2. The summed E-state index contributed by atoms with van der Waals surface area (Å²) in [7, 11) is 0. The quantitative estimate of drug-likeness (QED) is 0.308. The monoisotopic (exact) mass is 430 g/mol. The molecule has 0 fully saturated rings. The number of hydrogen-bond acceptors (Lipinski definition) is 5. The molecule has 1 aromatic carbocycles. The average molecular weight is 431 g/mol. The number of fused-ring (bicyclic) bond motifs is 5. The fourth-order valence-electron chi connectivity index (χ4n) is 4.77. The molecule has 0 N–H and O–H groups in total. The molecule has 0 atom stereocenters. The minimum Gasteiger partial charge on any atom is -0.355 e. The normalized spacial score (nSPS) is 13.2. The molecule has 0 bridgehead atoms. The Bertz CT molecular complexity index is 1190.